The lowest BCUT2D eigenvalue weighted by Gasteiger charge is -2.04. The second-order valence-corrected chi connectivity index (χ2v) is 4.59. The van der Waals surface area contributed by atoms with Crippen LogP contribution in [0.4, 0.5) is 0 Å². The third kappa shape index (κ3) is 2.92. The normalized spacial score (nSPS) is 11.1. The van der Waals surface area contributed by atoms with E-state index in [9.17, 15) is 9.59 Å². The van der Waals surface area contributed by atoms with E-state index >= 15 is 0 Å². The van der Waals surface area contributed by atoms with Crippen molar-refractivity contribution < 1.29 is 4.42 Å². The van der Waals surface area contributed by atoms with Crippen molar-refractivity contribution in [1.29, 1.82) is 0 Å². The zero-order chi connectivity index (χ0) is 13.8. The minimum atomic E-state index is -0.445. The predicted molar refractivity (Wildman–Crippen MR) is 73.5 cm³/mol. The Balaban J connectivity index is 2.57. The molecule has 0 spiro atoms. The molecule has 0 unspecified atom stereocenters. The molecule has 0 atom stereocenters. The maximum Gasteiger partial charge on any atom is 0.337 e. The summed E-state index contributed by atoms with van der Waals surface area (Å²) in [5, 5.41) is 0.410. The van der Waals surface area contributed by atoms with E-state index in [4.69, 9.17) is 4.42 Å². The molecule has 0 aliphatic rings. The van der Waals surface area contributed by atoms with Crippen LogP contribution >= 0.6 is 0 Å². The fourth-order valence-corrected chi connectivity index (χ4v) is 2.12. The summed E-state index contributed by atoms with van der Waals surface area (Å²) in [6, 6.07) is 1.40. The van der Waals surface area contributed by atoms with E-state index in [0.717, 1.165) is 24.8 Å². The van der Waals surface area contributed by atoms with Gasteiger partial charge >= 0.3 is 5.63 Å². The van der Waals surface area contributed by atoms with Gasteiger partial charge in [-0.15, -0.1) is 0 Å². The van der Waals surface area contributed by atoms with Crippen LogP contribution in [0, 0.1) is 0 Å². The topological polar surface area (TPSA) is 76.0 Å². The van der Waals surface area contributed by atoms with Crippen LogP contribution in [0.3, 0.4) is 0 Å². The molecule has 5 nitrogen and oxygen atoms in total. The van der Waals surface area contributed by atoms with E-state index in [2.05, 4.69) is 16.9 Å². The monoisotopic (exact) mass is 262 g/mol. The van der Waals surface area contributed by atoms with Gasteiger partial charge in [0, 0.05) is 12.5 Å². The summed E-state index contributed by atoms with van der Waals surface area (Å²) in [5.74, 6) is 0.534. The van der Waals surface area contributed by atoms with Crippen LogP contribution in [0.25, 0.3) is 11.1 Å². The summed E-state index contributed by atoms with van der Waals surface area (Å²) in [5.41, 5.74) is 0.215. The Morgan fingerprint density at radius 3 is 2.74 bits per heavy atom. The second-order valence-electron chi connectivity index (χ2n) is 4.59. The lowest BCUT2D eigenvalue weighted by Crippen LogP contribution is -2.16. The summed E-state index contributed by atoms with van der Waals surface area (Å²) in [7, 11) is 0. The Bertz CT molecular complexity index is 685. The average Bonchev–Trinajstić information content (AvgIpc) is 2.37. The molecule has 0 aliphatic carbocycles. The van der Waals surface area contributed by atoms with Crippen molar-refractivity contribution >= 4 is 11.1 Å². The molecular formula is C14H18N2O3. The first-order valence-corrected chi connectivity index (χ1v) is 6.71. The number of H-pyrrole nitrogens is 1. The van der Waals surface area contributed by atoms with Crippen LogP contribution in [0.2, 0.25) is 0 Å². The Kier molecular flexibility index (Phi) is 4.14. The quantitative estimate of drug-likeness (QED) is 0.838. The second kappa shape index (κ2) is 5.82. The third-order valence-corrected chi connectivity index (χ3v) is 3.13. The molecule has 0 radical (unpaired) electrons. The lowest BCUT2D eigenvalue weighted by atomic mass is 10.1. The molecular weight excluding hydrogens is 244 g/mol. The van der Waals surface area contributed by atoms with E-state index in [1.165, 1.54) is 6.07 Å². The van der Waals surface area contributed by atoms with E-state index < -0.39 is 5.63 Å². The van der Waals surface area contributed by atoms with Gasteiger partial charge in [0.1, 0.15) is 11.2 Å². The standard InChI is InChI=1S/C14H18N2O3/c1-3-5-6-7-9-8-11(17)19-14-12(9)13(18)15-10(4-2)16-14/h8H,3-7H2,1-2H3,(H,15,16,18). The molecule has 102 valence electrons. The van der Waals surface area contributed by atoms with Gasteiger partial charge in [-0.1, -0.05) is 26.7 Å². The van der Waals surface area contributed by atoms with Crippen molar-refractivity contribution in [2.75, 3.05) is 0 Å². The highest BCUT2D eigenvalue weighted by atomic mass is 16.4. The predicted octanol–water partition coefficient (Wildman–Crippen LogP) is 2.17. The number of aryl methyl sites for hydroxylation is 2. The molecule has 0 saturated carbocycles. The molecule has 1 N–H and O–H groups in total. The third-order valence-electron chi connectivity index (χ3n) is 3.13. The van der Waals surface area contributed by atoms with Crippen molar-refractivity contribution in [1.82, 2.24) is 9.97 Å². The number of hydrogen-bond donors (Lipinski definition) is 1. The molecule has 2 heterocycles. The summed E-state index contributed by atoms with van der Waals surface area (Å²) in [4.78, 5) is 30.5. The van der Waals surface area contributed by atoms with Gasteiger partial charge < -0.3 is 9.40 Å². The van der Waals surface area contributed by atoms with Crippen molar-refractivity contribution in [3.8, 4) is 0 Å². The number of aromatic amines is 1. The largest absolute Gasteiger partial charge is 0.403 e. The highest BCUT2D eigenvalue weighted by Gasteiger charge is 2.11. The van der Waals surface area contributed by atoms with Crippen LogP contribution in [-0.2, 0) is 12.8 Å². The van der Waals surface area contributed by atoms with Crippen molar-refractivity contribution in [3.05, 3.63) is 38.2 Å². The van der Waals surface area contributed by atoms with E-state index in [-0.39, 0.29) is 11.3 Å². The Morgan fingerprint density at radius 2 is 2.05 bits per heavy atom. The zero-order valence-corrected chi connectivity index (χ0v) is 11.3. The summed E-state index contributed by atoms with van der Waals surface area (Å²) >= 11 is 0. The fourth-order valence-electron chi connectivity index (χ4n) is 2.12. The zero-order valence-electron chi connectivity index (χ0n) is 11.3. The summed E-state index contributed by atoms with van der Waals surface area (Å²) in [6.07, 6.45) is 4.40. The van der Waals surface area contributed by atoms with Crippen molar-refractivity contribution in [2.45, 2.75) is 46.0 Å². The van der Waals surface area contributed by atoms with E-state index in [1.807, 2.05) is 6.92 Å². The van der Waals surface area contributed by atoms with E-state index in [1.54, 1.807) is 0 Å². The van der Waals surface area contributed by atoms with Crippen molar-refractivity contribution in [2.24, 2.45) is 0 Å². The first-order chi connectivity index (χ1) is 9.15. The smallest absolute Gasteiger partial charge is 0.337 e. The minimum absolute atomic E-state index is 0.152. The van der Waals surface area contributed by atoms with Crippen LogP contribution in [-0.4, -0.2) is 9.97 Å². The SMILES string of the molecule is CCCCCc1cc(=O)oc2nc(CC)[nH]c(=O)c12. The Morgan fingerprint density at radius 1 is 1.26 bits per heavy atom. The van der Waals surface area contributed by atoms with Crippen LogP contribution in [0.15, 0.2) is 20.1 Å². The fraction of sp³-hybridized carbons (Fsp3) is 0.500. The maximum absolute atomic E-state index is 12.1. The molecule has 0 aromatic carbocycles. The van der Waals surface area contributed by atoms with Gasteiger partial charge in [-0.2, -0.15) is 4.98 Å². The van der Waals surface area contributed by atoms with E-state index in [0.29, 0.717) is 24.1 Å². The van der Waals surface area contributed by atoms with Gasteiger partial charge in [0.25, 0.3) is 5.56 Å². The number of nitrogens with one attached hydrogen (secondary N) is 1. The highest BCUT2D eigenvalue weighted by Crippen LogP contribution is 2.14. The summed E-state index contributed by atoms with van der Waals surface area (Å²) < 4.78 is 5.05. The van der Waals surface area contributed by atoms with Gasteiger partial charge in [0.2, 0.25) is 5.71 Å². The van der Waals surface area contributed by atoms with Crippen molar-refractivity contribution in [3.63, 3.8) is 0 Å². The Labute approximate surface area is 110 Å². The number of rotatable bonds is 5. The minimum Gasteiger partial charge on any atom is -0.403 e. The van der Waals surface area contributed by atoms with Gasteiger partial charge in [0.15, 0.2) is 0 Å². The van der Waals surface area contributed by atoms with Gasteiger partial charge in [-0.3, -0.25) is 4.79 Å². The first-order valence-electron chi connectivity index (χ1n) is 6.71. The molecule has 5 heteroatoms. The van der Waals surface area contributed by atoms with Gasteiger partial charge in [-0.05, 0) is 18.4 Å². The lowest BCUT2D eigenvalue weighted by molar-refractivity contribution is 0.542. The first kappa shape index (κ1) is 13.5. The number of fused-ring (bicyclic) bond motifs is 1. The molecule has 0 bridgehead atoms. The van der Waals surface area contributed by atoms with Crippen LogP contribution in [0.1, 0.15) is 44.5 Å². The molecule has 0 fully saturated rings. The molecule has 2 aromatic heterocycles. The van der Waals surface area contributed by atoms with Crippen LogP contribution < -0.4 is 11.2 Å². The van der Waals surface area contributed by atoms with Gasteiger partial charge in [-0.25, -0.2) is 4.79 Å². The number of aromatic nitrogens is 2. The molecule has 19 heavy (non-hydrogen) atoms. The number of hydrogen-bond acceptors (Lipinski definition) is 4. The number of unbranched alkanes of at least 4 members (excludes halogenated alkanes) is 2. The molecule has 2 aromatic rings. The highest BCUT2D eigenvalue weighted by molar-refractivity contribution is 5.75. The van der Waals surface area contributed by atoms with Crippen LogP contribution in [0.5, 0.6) is 0 Å². The van der Waals surface area contributed by atoms with Gasteiger partial charge in [0.05, 0.1) is 0 Å². The Hall–Kier alpha value is -1.91. The molecule has 2 rings (SSSR count). The molecule has 0 amide bonds. The molecule has 0 saturated heterocycles. The molecule has 0 aliphatic heterocycles. The maximum atomic E-state index is 12.1. The average molecular weight is 262 g/mol. The summed E-state index contributed by atoms with van der Waals surface area (Å²) in [6.45, 7) is 3.99. The number of nitrogens with zero attached hydrogens (tertiary/aromatic N) is 1.